The van der Waals surface area contributed by atoms with Gasteiger partial charge in [-0.2, -0.15) is 0 Å². The molecule has 88 valence electrons. The molecule has 0 saturated heterocycles. The minimum Gasteiger partial charge on any atom is -0.398 e. The molecule has 0 radical (unpaired) electrons. The zero-order valence-electron chi connectivity index (χ0n) is 9.23. The van der Waals surface area contributed by atoms with E-state index in [0.29, 0.717) is 17.3 Å². The molecule has 2 rings (SSSR count). The Morgan fingerprint density at radius 3 is 2.69 bits per heavy atom. The molecule has 1 aromatic rings. The maximum atomic E-state index is 11.7. The fraction of sp³-hybridized carbons (Fsp3) is 0.455. The third-order valence-electron chi connectivity index (χ3n) is 2.70. The predicted molar refractivity (Wildman–Crippen MR) is 65.7 cm³/mol. The second-order valence-electron chi connectivity index (χ2n) is 4.40. The van der Waals surface area contributed by atoms with Crippen LogP contribution in [-0.2, 0) is 10.0 Å². The first-order chi connectivity index (χ1) is 7.46. The monoisotopic (exact) mass is 240 g/mol. The Labute approximate surface area is 95.9 Å². The van der Waals surface area contributed by atoms with Crippen LogP contribution in [0.5, 0.6) is 0 Å². The molecule has 5 heteroatoms. The van der Waals surface area contributed by atoms with Crippen molar-refractivity contribution in [1.82, 2.24) is 0 Å². The number of aryl methyl sites for hydroxylation is 1. The van der Waals surface area contributed by atoms with Crippen molar-refractivity contribution in [3.63, 3.8) is 0 Å². The minimum absolute atomic E-state index is 0.223. The summed E-state index contributed by atoms with van der Waals surface area (Å²) < 4.78 is 25.9. The van der Waals surface area contributed by atoms with E-state index >= 15 is 0 Å². The Morgan fingerprint density at radius 2 is 2.12 bits per heavy atom. The molecule has 0 aromatic heterocycles. The standard InChI is InChI=1S/C11H16N2O2S/c1-8-2-5-10(6-11(8)12)13-16(14,15)7-9-3-4-9/h2,5-6,9,13H,3-4,7,12H2,1H3. The smallest absolute Gasteiger partial charge is 0.232 e. The number of nitrogens with one attached hydrogen (secondary N) is 1. The van der Waals surface area contributed by atoms with Crippen LogP contribution in [0.25, 0.3) is 0 Å². The second kappa shape index (κ2) is 3.97. The third kappa shape index (κ3) is 2.88. The van der Waals surface area contributed by atoms with E-state index in [1.807, 2.05) is 13.0 Å². The summed E-state index contributed by atoms with van der Waals surface area (Å²) >= 11 is 0. The molecule has 3 N–H and O–H groups in total. The number of hydrogen-bond donors (Lipinski definition) is 2. The van der Waals surface area contributed by atoms with E-state index in [9.17, 15) is 8.42 Å². The summed E-state index contributed by atoms with van der Waals surface area (Å²) in [6.07, 6.45) is 2.05. The summed E-state index contributed by atoms with van der Waals surface area (Å²) in [5.74, 6) is 0.570. The molecular weight excluding hydrogens is 224 g/mol. The van der Waals surface area contributed by atoms with Gasteiger partial charge < -0.3 is 5.73 Å². The van der Waals surface area contributed by atoms with Crippen LogP contribution in [0.3, 0.4) is 0 Å². The third-order valence-corrected chi connectivity index (χ3v) is 4.16. The maximum Gasteiger partial charge on any atom is 0.232 e. The predicted octanol–water partition coefficient (Wildman–Crippen LogP) is 1.73. The zero-order chi connectivity index (χ0) is 11.8. The molecule has 1 saturated carbocycles. The van der Waals surface area contributed by atoms with Crippen molar-refractivity contribution in [2.75, 3.05) is 16.2 Å². The Kier molecular flexibility index (Phi) is 2.80. The van der Waals surface area contributed by atoms with Crippen molar-refractivity contribution < 1.29 is 8.42 Å². The van der Waals surface area contributed by atoms with E-state index in [1.165, 1.54) is 0 Å². The highest BCUT2D eigenvalue weighted by molar-refractivity contribution is 7.92. The molecule has 4 nitrogen and oxygen atoms in total. The molecule has 16 heavy (non-hydrogen) atoms. The van der Waals surface area contributed by atoms with Crippen LogP contribution in [0.15, 0.2) is 18.2 Å². The fourth-order valence-electron chi connectivity index (χ4n) is 1.52. The van der Waals surface area contributed by atoms with Crippen LogP contribution >= 0.6 is 0 Å². The van der Waals surface area contributed by atoms with Gasteiger partial charge in [-0.1, -0.05) is 6.07 Å². The molecule has 0 heterocycles. The van der Waals surface area contributed by atoms with Crippen molar-refractivity contribution in [3.8, 4) is 0 Å². The van der Waals surface area contributed by atoms with Crippen LogP contribution in [0.2, 0.25) is 0 Å². The van der Waals surface area contributed by atoms with Gasteiger partial charge in [0.15, 0.2) is 0 Å². The number of anilines is 2. The lowest BCUT2D eigenvalue weighted by Gasteiger charge is -2.09. The summed E-state index contributed by atoms with van der Waals surface area (Å²) in [4.78, 5) is 0. The lowest BCUT2D eigenvalue weighted by molar-refractivity contribution is 0.597. The summed E-state index contributed by atoms with van der Waals surface area (Å²) in [6, 6.07) is 5.19. The highest BCUT2D eigenvalue weighted by Gasteiger charge is 2.27. The summed E-state index contributed by atoms with van der Waals surface area (Å²) in [5.41, 5.74) is 7.82. The van der Waals surface area contributed by atoms with Crippen LogP contribution in [0.1, 0.15) is 18.4 Å². The van der Waals surface area contributed by atoms with E-state index in [0.717, 1.165) is 18.4 Å². The van der Waals surface area contributed by atoms with Crippen LogP contribution in [-0.4, -0.2) is 14.2 Å². The molecule has 1 aliphatic rings. The zero-order valence-corrected chi connectivity index (χ0v) is 10.0. The number of rotatable bonds is 4. The van der Waals surface area contributed by atoms with Crippen molar-refractivity contribution in [1.29, 1.82) is 0 Å². The molecule has 0 spiro atoms. The molecule has 0 aliphatic heterocycles. The molecule has 0 amide bonds. The Bertz CT molecular complexity index is 493. The summed E-state index contributed by atoms with van der Waals surface area (Å²) in [5, 5.41) is 0. The van der Waals surface area contributed by atoms with Gasteiger partial charge in [-0.25, -0.2) is 8.42 Å². The van der Waals surface area contributed by atoms with Crippen molar-refractivity contribution in [3.05, 3.63) is 23.8 Å². The molecule has 0 unspecified atom stereocenters. The quantitative estimate of drug-likeness (QED) is 0.787. The Morgan fingerprint density at radius 1 is 1.44 bits per heavy atom. The number of hydrogen-bond acceptors (Lipinski definition) is 3. The average molecular weight is 240 g/mol. The van der Waals surface area contributed by atoms with E-state index in [2.05, 4.69) is 4.72 Å². The molecule has 1 aliphatic carbocycles. The van der Waals surface area contributed by atoms with Gasteiger partial charge in [0, 0.05) is 5.69 Å². The Hall–Kier alpha value is -1.23. The van der Waals surface area contributed by atoms with Gasteiger partial charge in [-0.05, 0) is 43.4 Å². The molecule has 1 fully saturated rings. The van der Waals surface area contributed by atoms with Gasteiger partial charge >= 0.3 is 0 Å². The van der Waals surface area contributed by atoms with Crippen LogP contribution < -0.4 is 10.5 Å². The SMILES string of the molecule is Cc1ccc(NS(=O)(=O)CC2CC2)cc1N. The first-order valence-electron chi connectivity index (χ1n) is 5.33. The summed E-state index contributed by atoms with van der Waals surface area (Å²) in [7, 11) is -3.21. The van der Waals surface area contributed by atoms with Gasteiger partial charge in [0.25, 0.3) is 0 Å². The molecule has 1 aromatic carbocycles. The van der Waals surface area contributed by atoms with Crippen molar-refractivity contribution >= 4 is 21.4 Å². The molecule has 0 bridgehead atoms. The average Bonchev–Trinajstić information content (AvgIpc) is 2.94. The second-order valence-corrected chi connectivity index (χ2v) is 6.17. The molecule has 0 atom stereocenters. The Balaban J connectivity index is 2.10. The van der Waals surface area contributed by atoms with Gasteiger partial charge in [0.05, 0.1) is 11.4 Å². The lowest BCUT2D eigenvalue weighted by atomic mass is 10.2. The van der Waals surface area contributed by atoms with Crippen LogP contribution in [0.4, 0.5) is 11.4 Å². The van der Waals surface area contributed by atoms with Gasteiger partial charge in [-0.15, -0.1) is 0 Å². The van der Waals surface area contributed by atoms with E-state index < -0.39 is 10.0 Å². The lowest BCUT2D eigenvalue weighted by Crippen LogP contribution is -2.17. The number of benzene rings is 1. The topological polar surface area (TPSA) is 72.2 Å². The van der Waals surface area contributed by atoms with Gasteiger partial charge in [0.1, 0.15) is 0 Å². The molecular formula is C11H16N2O2S. The van der Waals surface area contributed by atoms with E-state index in [1.54, 1.807) is 12.1 Å². The maximum absolute atomic E-state index is 11.7. The minimum atomic E-state index is -3.21. The highest BCUT2D eigenvalue weighted by Crippen LogP contribution is 2.30. The number of sulfonamides is 1. The number of nitrogen functional groups attached to an aromatic ring is 1. The van der Waals surface area contributed by atoms with Crippen molar-refractivity contribution in [2.45, 2.75) is 19.8 Å². The summed E-state index contributed by atoms with van der Waals surface area (Å²) in [6.45, 7) is 1.89. The van der Waals surface area contributed by atoms with E-state index in [4.69, 9.17) is 5.73 Å². The highest BCUT2D eigenvalue weighted by atomic mass is 32.2. The normalized spacial score (nSPS) is 16.1. The fourth-order valence-corrected chi connectivity index (χ4v) is 3.04. The van der Waals surface area contributed by atoms with E-state index in [-0.39, 0.29) is 5.75 Å². The van der Waals surface area contributed by atoms with Crippen molar-refractivity contribution in [2.24, 2.45) is 5.92 Å². The van der Waals surface area contributed by atoms with Crippen LogP contribution in [0, 0.1) is 12.8 Å². The van der Waals surface area contributed by atoms with Gasteiger partial charge in [-0.3, -0.25) is 4.72 Å². The largest absolute Gasteiger partial charge is 0.398 e. The first-order valence-corrected chi connectivity index (χ1v) is 6.98. The first kappa shape index (κ1) is 11.3. The van der Waals surface area contributed by atoms with Gasteiger partial charge in [0.2, 0.25) is 10.0 Å². The number of nitrogens with two attached hydrogens (primary N) is 1.